The van der Waals surface area contributed by atoms with E-state index in [0.29, 0.717) is 23.0 Å². The molecule has 100 valence electrons. The van der Waals surface area contributed by atoms with Crippen LogP contribution >= 0.6 is 11.3 Å². The second-order valence-corrected chi connectivity index (χ2v) is 7.63. The number of nitrogen functional groups attached to an aromatic ring is 1. The van der Waals surface area contributed by atoms with Gasteiger partial charge in [-0.2, -0.15) is 4.31 Å². The molecule has 6 heteroatoms. The molecule has 2 N–H and O–H groups in total. The van der Waals surface area contributed by atoms with Crippen LogP contribution in [0.4, 0.5) is 5.69 Å². The van der Waals surface area contributed by atoms with Gasteiger partial charge in [0, 0.05) is 24.2 Å². The molecule has 1 aromatic heterocycles. The predicted octanol–water partition coefficient (Wildman–Crippen LogP) is 2.08. The maximum atomic E-state index is 12.5. The standard InChI is InChI=1S/C13H14N2O2S2/c14-12-7-13(18-9-12)19(16,17)15-6-5-10-3-1-2-4-11(10)8-15/h1-4,7,9H,5-6,8,14H2. The molecule has 1 aliphatic heterocycles. The normalized spacial score (nSPS) is 16.2. The van der Waals surface area contributed by atoms with E-state index >= 15 is 0 Å². The summed E-state index contributed by atoms with van der Waals surface area (Å²) in [5.74, 6) is 0. The van der Waals surface area contributed by atoms with Gasteiger partial charge in [0.05, 0.1) is 0 Å². The molecular formula is C13H14N2O2S2. The highest BCUT2D eigenvalue weighted by Gasteiger charge is 2.29. The fraction of sp³-hybridized carbons (Fsp3) is 0.231. The van der Waals surface area contributed by atoms with E-state index < -0.39 is 10.0 Å². The number of hydrogen-bond donors (Lipinski definition) is 1. The summed E-state index contributed by atoms with van der Waals surface area (Å²) in [6, 6.07) is 9.50. The maximum Gasteiger partial charge on any atom is 0.252 e. The molecule has 1 aromatic carbocycles. The van der Waals surface area contributed by atoms with E-state index in [1.54, 1.807) is 5.38 Å². The first-order valence-electron chi connectivity index (χ1n) is 5.98. The Morgan fingerprint density at radius 3 is 2.63 bits per heavy atom. The highest BCUT2D eigenvalue weighted by molar-refractivity contribution is 7.91. The van der Waals surface area contributed by atoms with Crippen LogP contribution in [0.15, 0.2) is 39.9 Å². The quantitative estimate of drug-likeness (QED) is 0.922. The Morgan fingerprint density at radius 1 is 1.21 bits per heavy atom. The number of anilines is 1. The number of nitrogens with zero attached hydrogens (tertiary/aromatic N) is 1. The van der Waals surface area contributed by atoms with Crippen molar-refractivity contribution in [3.63, 3.8) is 0 Å². The van der Waals surface area contributed by atoms with E-state index in [1.807, 2.05) is 18.2 Å². The molecule has 0 saturated carbocycles. The van der Waals surface area contributed by atoms with E-state index in [2.05, 4.69) is 6.07 Å². The van der Waals surface area contributed by atoms with Crippen LogP contribution in [0.2, 0.25) is 0 Å². The molecule has 0 aliphatic carbocycles. The fourth-order valence-corrected chi connectivity index (χ4v) is 4.92. The van der Waals surface area contributed by atoms with E-state index in [1.165, 1.54) is 27.3 Å². The first-order chi connectivity index (χ1) is 9.07. The van der Waals surface area contributed by atoms with Gasteiger partial charge in [-0.1, -0.05) is 24.3 Å². The molecule has 4 nitrogen and oxygen atoms in total. The van der Waals surface area contributed by atoms with Crippen molar-refractivity contribution < 1.29 is 8.42 Å². The smallest absolute Gasteiger partial charge is 0.252 e. The van der Waals surface area contributed by atoms with Gasteiger partial charge in [-0.25, -0.2) is 8.42 Å². The Kier molecular flexibility index (Phi) is 3.08. The molecule has 0 atom stereocenters. The van der Waals surface area contributed by atoms with Crippen molar-refractivity contribution >= 4 is 27.0 Å². The minimum absolute atomic E-state index is 0.324. The zero-order chi connectivity index (χ0) is 13.5. The minimum Gasteiger partial charge on any atom is -0.398 e. The Hall–Kier alpha value is -1.37. The lowest BCUT2D eigenvalue weighted by molar-refractivity contribution is 0.392. The van der Waals surface area contributed by atoms with E-state index in [-0.39, 0.29) is 0 Å². The zero-order valence-corrected chi connectivity index (χ0v) is 11.9. The Balaban J connectivity index is 1.93. The first-order valence-corrected chi connectivity index (χ1v) is 8.30. The molecule has 19 heavy (non-hydrogen) atoms. The molecule has 2 heterocycles. The molecule has 2 aromatic rings. The molecule has 0 fully saturated rings. The van der Waals surface area contributed by atoms with Crippen molar-refractivity contribution in [2.75, 3.05) is 12.3 Å². The highest BCUT2D eigenvalue weighted by Crippen LogP contribution is 2.29. The summed E-state index contributed by atoms with van der Waals surface area (Å²) in [6.07, 6.45) is 0.760. The van der Waals surface area contributed by atoms with Crippen molar-refractivity contribution in [2.45, 2.75) is 17.2 Å². The number of rotatable bonds is 2. The second kappa shape index (κ2) is 4.63. The van der Waals surface area contributed by atoms with Gasteiger partial charge in [0.25, 0.3) is 10.0 Å². The highest BCUT2D eigenvalue weighted by atomic mass is 32.2. The topological polar surface area (TPSA) is 63.4 Å². The third kappa shape index (κ3) is 2.27. The summed E-state index contributed by atoms with van der Waals surface area (Å²) < 4.78 is 26.8. The van der Waals surface area contributed by atoms with Gasteiger partial charge >= 0.3 is 0 Å². The van der Waals surface area contributed by atoms with E-state index in [4.69, 9.17) is 5.73 Å². The van der Waals surface area contributed by atoms with Crippen LogP contribution in [-0.4, -0.2) is 19.3 Å². The van der Waals surface area contributed by atoms with Gasteiger partial charge in [-0.3, -0.25) is 0 Å². The number of sulfonamides is 1. The summed E-state index contributed by atoms with van der Waals surface area (Å²) in [4.78, 5) is 0. The van der Waals surface area contributed by atoms with Gasteiger partial charge in [0.15, 0.2) is 0 Å². The van der Waals surface area contributed by atoms with Crippen LogP contribution in [0.25, 0.3) is 0 Å². The SMILES string of the molecule is Nc1csc(S(=O)(=O)N2CCc3ccccc3C2)c1. The van der Waals surface area contributed by atoms with Gasteiger partial charge in [-0.15, -0.1) is 11.3 Å². The predicted molar refractivity (Wildman–Crippen MR) is 76.5 cm³/mol. The summed E-state index contributed by atoms with van der Waals surface area (Å²) >= 11 is 1.18. The van der Waals surface area contributed by atoms with Crippen molar-refractivity contribution in [1.29, 1.82) is 0 Å². The van der Waals surface area contributed by atoms with Crippen molar-refractivity contribution in [3.8, 4) is 0 Å². The number of hydrogen-bond acceptors (Lipinski definition) is 4. The number of benzene rings is 1. The molecule has 0 radical (unpaired) electrons. The van der Waals surface area contributed by atoms with Gasteiger partial charge in [-0.05, 0) is 23.6 Å². The Bertz CT molecular complexity index is 707. The summed E-state index contributed by atoms with van der Waals surface area (Å²) in [5.41, 5.74) is 8.43. The summed E-state index contributed by atoms with van der Waals surface area (Å²) in [7, 11) is -3.41. The van der Waals surface area contributed by atoms with E-state index in [9.17, 15) is 8.42 Å². The molecule has 0 saturated heterocycles. The first kappa shape index (κ1) is 12.7. The lowest BCUT2D eigenvalue weighted by Crippen LogP contribution is -2.35. The lowest BCUT2D eigenvalue weighted by atomic mass is 10.0. The van der Waals surface area contributed by atoms with Gasteiger partial charge in [0.1, 0.15) is 4.21 Å². The fourth-order valence-electron chi connectivity index (χ4n) is 2.27. The molecule has 0 spiro atoms. The monoisotopic (exact) mass is 294 g/mol. The largest absolute Gasteiger partial charge is 0.398 e. The molecule has 0 unspecified atom stereocenters. The van der Waals surface area contributed by atoms with E-state index in [0.717, 1.165) is 12.0 Å². The maximum absolute atomic E-state index is 12.5. The lowest BCUT2D eigenvalue weighted by Gasteiger charge is -2.27. The molecule has 0 bridgehead atoms. The van der Waals surface area contributed by atoms with Gasteiger partial charge in [0.2, 0.25) is 0 Å². The Morgan fingerprint density at radius 2 is 1.95 bits per heavy atom. The average Bonchev–Trinajstić information content (AvgIpc) is 2.85. The summed E-state index contributed by atoms with van der Waals surface area (Å²) in [5, 5.41) is 1.66. The van der Waals surface area contributed by atoms with Crippen LogP contribution in [0.3, 0.4) is 0 Å². The van der Waals surface area contributed by atoms with Crippen LogP contribution < -0.4 is 5.73 Å². The number of nitrogens with two attached hydrogens (primary N) is 1. The molecule has 3 rings (SSSR count). The van der Waals surface area contributed by atoms with Gasteiger partial charge < -0.3 is 5.73 Å². The zero-order valence-electron chi connectivity index (χ0n) is 10.2. The summed E-state index contributed by atoms with van der Waals surface area (Å²) in [6.45, 7) is 0.966. The third-order valence-electron chi connectivity index (χ3n) is 3.29. The van der Waals surface area contributed by atoms with Crippen LogP contribution in [-0.2, 0) is 23.0 Å². The minimum atomic E-state index is -3.41. The molecular weight excluding hydrogens is 280 g/mol. The van der Waals surface area contributed by atoms with Crippen LogP contribution in [0, 0.1) is 0 Å². The number of fused-ring (bicyclic) bond motifs is 1. The van der Waals surface area contributed by atoms with Crippen LogP contribution in [0.5, 0.6) is 0 Å². The van der Waals surface area contributed by atoms with Crippen LogP contribution in [0.1, 0.15) is 11.1 Å². The van der Waals surface area contributed by atoms with Crippen molar-refractivity contribution in [3.05, 3.63) is 46.8 Å². The molecule has 1 aliphatic rings. The molecule has 0 amide bonds. The average molecular weight is 294 g/mol. The number of thiophene rings is 1. The second-order valence-electron chi connectivity index (χ2n) is 4.56. The van der Waals surface area contributed by atoms with Crippen molar-refractivity contribution in [2.24, 2.45) is 0 Å². The Labute approximate surface area is 116 Å². The van der Waals surface area contributed by atoms with Crippen molar-refractivity contribution in [1.82, 2.24) is 4.31 Å². The third-order valence-corrected chi connectivity index (χ3v) is 6.56.